The molecule has 0 radical (unpaired) electrons. The van der Waals surface area contributed by atoms with Gasteiger partial charge in [-0.05, 0) is 44.9 Å². The number of hydrogen-bond donors (Lipinski definition) is 4. The molecule has 5 N–H and O–H groups in total. The number of nitrogens with one attached hydrogen (secondary N) is 2. The molecule has 0 bridgehead atoms. The lowest BCUT2D eigenvalue weighted by atomic mass is 10.1. The fourth-order valence-electron chi connectivity index (χ4n) is 2.10. The first-order valence-corrected chi connectivity index (χ1v) is 6.49. The topological polar surface area (TPSA) is 87.4 Å². The number of carbonyl (C=O) groups is 1. The maximum Gasteiger partial charge on any atom is 0.316 e. The van der Waals surface area contributed by atoms with E-state index in [1.807, 2.05) is 31.2 Å². The molecule has 1 aromatic carbocycles. The number of hydrogen-bond acceptors (Lipinski definition) is 3. The van der Waals surface area contributed by atoms with Gasteiger partial charge in [0.15, 0.2) is 0 Å². The normalized spacial score (nSPS) is 15.6. The monoisotopic (exact) mass is 265 g/mol. The van der Waals surface area contributed by atoms with Gasteiger partial charge in [-0.3, -0.25) is 0 Å². The van der Waals surface area contributed by atoms with Crippen LogP contribution in [-0.4, -0.2) is 23.3 Å². The highest BCUT2D eigenvalue weighted by molar-refractivity contribution is 5.87. The minimum Gasteiger partial charge on any atom is -0.393 e. The number of primary amides is 1. The Morgan fingerprint density at radius 2 is 1.84 bits per heavy atom. The number of nitrogens with two attached hydrogens (primary N) is 1. The number of aliphatic hydroxyl groups excluding tert-OH is 1. The minimum absolute atomic E-state index is 0.177. The van der Waals surface area contributed by atoms with E-state index in [0.29, 0.717) is 12.1 Å². The van der Waals surface area contributed by atoms with E-state index >= 15 is 0 Å². The van der Waals surface area contributed by atoms with Crippen LogP contribution in [0.3, 0.4) is 0 Å². The van der Waals surface area contributed by atoms with Gasteiger partial charge in [-0.15, -0.1) is 0 Å². The van der Waals surface area contributed by atoms with Crippen LogP contribution >= 0.6 is 0 Å². The minimum atomic E-state index is -0.565. The third-order valence-electron chi connectivity index (χ3n) is 2.91. The molecule has 5 nitrogen and oxygen atoms in total. The van der Waals surface area contributed by atoms with Gasteiger partial charge >= 0.3 is 6.03 Å². The van der Waals surface area contributed by atoms with Gasteiger partial charge in [0.2, 0.25) is 0 Å². The number of aliphatic hydroxyl groups is 1. The van der Waals surface area contributed by atoms with Crippen LogP contribution in [-0.2, 0) is 0 Å². The van der Waals surface area contributed by atoms with E-state index in [-0.39, 0.29) is 18.2 Å². The van der Waals surface area contributed by atoms with Crippen molar-refractivity contribution in [3.05, 3.63) is 29.8 Å². The van der Waals surface area contributed by atoms with Gasteiger partial charge < -0.3 is 21.5 Å². The van der Waals surface area contributed by atoms with Crippen molar-refractivity contribution in [1.29, 1.82) is 0 Å². The Kier molecular flexibility index (Phi) is 5.79. The molecule has 3 atom stereocenters. The highest BCUT2D eigenvalue weighted by Gasteiger charge is 2.11. The van der Waals surface area contributed by atoms with E-state index in [1.165, 1.54) is 0 Å². The highest BCUT2D eigenvalue weighted by atomic mass is 16.3. The smallest absolute Gasteiger partial charge is 0.316 e. The molecule has 0 aliphatic rings. The molecular weight excluding hydrogens is 242 g/mol. The number of benzene rings is 1. The molecule has 0 aromatic heterocycles. The largest absolute Gasteiger partial charge is 0.393 e. The van der Waals surface area contributed by atoms with E-state index in [2.05, 4.69) is 17.6 Å². The standard InChI is InChI=1S/C14H23N3O2/c1-9(8-10(2)18)16-11(3)12-4-6-13(7-5-12)17-14(15)19/h4-7,9-11,16,18H,8H2,1-3H3,(H3,15,17,19). The Bertz CT molecular complexity index is 404. The zero-order valence-electron chi connectivity index (χ0n) is 11.7. The SMILES string of the molecule is CC(O)CC(C)NC(C)c1ccc(NC(N)=O)cc1. The average molecular weight is 265 g/mol. The summed E-state index contributed by atoms with van der Waals surface area (Å²) in [7, 11) is 0. The second kappa shape index (κ2) is 7.11. The maximum atomic E-state index is 10.7. The fourth-order valence-corrected chi connectivity index (χ4v) is 2.10. The zero-order chi connectivity index (χ0) is 14.4. The van der Waals surface area contributed by atoms with Gasteiger partial charge in [0.1, 0.15) is 0 Å². The Hall–Kier alpha value is -1.59. The maximum absolute atomic E-state index is 10.7. The van der Waals surface area contributed by atoms with Gasteiger partial charge in [0.05, 0.1) is 6.10 Å². The number of carbonyl (C=O) groups excluding carboxylic acids is 1. The Balaban J connectivity index is 2.57. The van der Waals surface area contributed by atoms with Crippen molar-refractivity contribution < 1.29 is 9.90 Å². The summed E-state index contributed by atoms with van der Waals surface area (Å²) in [6.45, 7) is 5.90. The molecule has 0 saturated heterocycles. The summed E-state index contributed by atoms with van der Waals surface area (Å²) in [6.07, 6.45) is 0.405. The first kappa shape index (κ1) is 15.5. The van der Waals surface area contributed by atoms with Crippen molar-refractivity contribution in [2.45, 2.75) is 45.4 Å². The van der Waals surface area contributed by atoms with Crippen LogP contribution in [0.5, 0.6) is 0 Å². The van der Waals surface area contributed by atoms with Crippen molar-refractivity contribution in [2.24, 2.45) is 5.73 Å². The fraction of sp³-hybridized carbons (Fsp3) is 0.500. The molecule has 19 heavy (non-hydrogen) atoms. The van der Waals surface area contributed by atoms with Crippen LogP contribution in [0, 0.1) is 0 Å². The van der Waals surface area contributed by atoms with Gasteiger partial charge in [-0.25, -0.2) is 4.79 Å². The van der Waals surface area contributed by atoms with Crippen molar-refractivity contribution in [3.8, 4) is 0 Å². The molecule has 5 heteroatoms. The van der Waals surface area contributed by atoms with E-state index in [9.17, 15) is 9.90 Å². The summed E-state index contributed by atoms with van der Waals surface area (Å²) in [5, 5.41) is 15.3. The van der Waals surface area contributed by atoms with Crippen molar-refractivity contribution in [2.75, 3.05) is 5.32 Å². The molecule has 0 saturated carbocycles. The third-order valence-corrected chi connectivity index (χ3v) is 2.91. The van der Waals surface area contributed by atoms with E-state index in [1.54, 1.807) is 6.92 Å². The quantitative estimate of drug-likeness (QED) is 0.634. The molecule has 0 fully saturated rings. The number of rotatable bonds is 6. The van der Waals surface area contributed by atoms with Crippen LogP contribution in [0.4, 0.5) is 10.5 Å². The predicted molar refractivity (Wildman–Crippen MR) is 77.0 cm³/mol. The summed E-state index contributed by atoms with van der Waals surface area (Å²) >= 11 is 0. The number of urea groups is 1. The highest BCUT2D eigenvalue weighted by Crippen LogP contribution is 2.17. The summed E-state index contributed by atoms with van der Waals surface area (Å²) in [5.74, 6) is 0. The Morgan fingerprint density at radius 3 is 2.32 bits per heavy atom. The average Bonchev–Trinajstić information content (AvgIpc) is 2.27. The zero-order valence-corrected chi connectivity index (χ0v) is 11.7. The number of amides is 2. The van der Waals surface area contributed by atoms with Gasteiger partial charge in [-0.1, -0.05) is 12.1 Å². The lowest BCUT2D eigenvalue weighted by molar-refractivity contribution is 0.168. The molecule has 1 aromatic rings. The molecular formula is C14H23N3O2. The Morgan fingerprint density at radius 1 is 1.26 bits per heavy atom. The molecule has 1 rings (SSSR count). The lowest BCUT2D eigenvalue weighted by Gasteiger charge is -2.21. The molecule has 3 unspecified atom stereocenters. The van der Waals surface area contributed by atoms with E-state index < -0.39 is 6.03 Å². The molecule has 0 aliphatic carbocycles. The second-order valence-corrected chi connectivity index (χ2v) is 4.99. The lowest BCUT2D eigenvalue weighted by Crippen LogP contribution is -2.31. The summed E-state index contributed by atoms with van der Waals surface area (Å²) in [4.78, 5) is 10.7. The van der Waals surface area contributed by atoms with Gasteiger partial charge in [-0.2, -0.15) is 0 Å². The first-order valence-electron chi connectivity index (χ1n) is 6.49. The number of anilines is 1. The predicted octanol–water partition coefficient (Wildman–Crippen LogP) is 1.99. The Labute approximate surface area is 114 Å². The van der Waals surface area contributed by atoms with Crippen molar-refractivity contribution >= 4 is 11.7 Å². The van der Waals surface area contributed by atoms with Crippen LogP contribution in [0.15, 0.2) is 24.3 Å². The van der Waals surface area contributed by atoms with Crippen molar-refractivity contribution in [1.82, 2.24) is 5.32 Å². The summed E-state index contributed by atoms with van der Waals surface area (Å²) in [5.41, 5.74) is 6.85. The third kappa shape index (κ3) is 5.72. The van der Waals surface area contributed by atoms with Gasteiger partial charge in [0, 0.05) is 17.8 Å². The van der Waals surface area contributed by atoms with Crippen LogP contribution in [0.1, 0.15) is 38.8 Å². The van der Waals surface area contributed by atoms with Crippen molar-refractivity contribution in [3.63, 3.8) is 0 Å². The molecule has 106 valence electrons. The molecule has 0 spiro atoms. The van der Waals surface area contributed by atoms with Crippen LogP contribution in [0.25, 0.3) is 0 Å². The molecule has 0 heterocycles. The second-order valence-electron chi connectivity index (χ2n) is 4.99. The first-order chi connectivity index (χ1) is 8.88. The molecule has 2 amide bonds. The summed E-state index contributed by atoms with van der Waals surface area (Å²) < 4.78 is 0. The van der Waals surface area contributed by atoms with Crippen LogP contribution in [0.2, 0.25) is 0 Å². The molecule has 0 aliphatic heterocycles. The summed E-state index contributed by atoms with van der Waals surface area (Å²) in [6, 6.07) is 7.37. The van der Waals surface area contributed by atoms with E-state index in [4.69, 9.17) is 5.73 Å². The van der Waals surface area contributed by atoms with Gasteiger partial charge in [0.25, 0.3) is 0 Å². The van der Waals surface area contributed by atoms with E-state index in [0.717, 1.165) is 5.56 Å². The van der Waals surface area contributed by atoms with Crippen LogP contribution < -0.4 is 16.4 Å².